The van der Waals surface area contributed by atoms with Crippen LogP contribution in [-0.4, -0.2) is 55.0 Å². The monoisotopic (exact) mass is 409 g/mol. The molecule has 0 saturated carbocycles. The molecule has 3 N–H and O–H groups in total. The average molecular weight is 410 g/mol. The summed E-state index contributed by atoms with van der Waals surface area (Å²) in [5.41, 5.74) is 1.43. The third-order valence-electron chi connectivity index (χ3n) is 4.79. The lowest BCUT2D eigenvalue weighted by Gasteiger charge is -2.17. The number of nitrogens with two attached hydrogens (primary N) is 1. The minimum Gasteiger partial charge on any atom is -0.355 e. The van der Waals surface area contributed by atoms with E-state index in [4.69, 9.17) is 5.14 Å². The zero-order valence-electron chi connectivity index (χ0n) is 16.9. The Kier molecular flexibility index (Phi) is 7.97. The van der Waals surface area contributed by atoms with Gasteiger partial charge in [-0.05, 0) is 37.7 Å². The number of primary sulfonamides is 1. The molecule has 28 heavy (non-hydrogen) atoms. The number of nitrogens with zero attached hydrogens (tertiary/aromatic N) is 3. The van der Waals surface area contributed by atoms with Crippen molar-refractivity contribution >= 4 is 27.0 Å². The summed E-state index contributed by atoms with van der Waals surface area (Å²) in [4.78, 5) is 19.0. The van der Waals surface area contributed by atoms with Gasteiger partial charge in [0.2, 0.25) is 15.9 Å². The Morgan fingerprint density at radius 3 is 2.57 bits per heavy atom. The van der Waals surface area contributed by atoms with Gasteiger partial charge >= 0.3 is 0 Å². The highest BCUT2D eigenvalue weighted by Crippen LogP contribution is 2.21. The van der Waals surface area contributed by atoms with Gasteiger partial charge < -0.3 is 14.8 Å². The minimum atomic E-state index is -3.78. The fourth-order valence-corrected chi connectivity index (χ4v) is 3.74. The first-order valence-corrected chi connectivity index (χ1v) is 11.4. The Morgan fingerprint density at radius 2 is 1.96 bits per heavy atom. The number of likely N-dealkylation sites (N-methyl/N-ethyl adjacent to an activating group) is 1. The molecule has 0 fully saturated rings. The SMILES string of the molecule is CCCn1c(CCC(=O)NCCN(CC)CC)nc2cc(S(N)(=O)=O)ccc21. The topological polar surface area (TPSA) is 110 Å². The largest absolute Gasteiger partial charge is 0.355 e. The lowest BCUT2D eigenvalue weighted by molar-refractivity contribution is -0.121. The van der Waals surface area contributed by atoms with Gasteiger partial charge in [-0.2, -0.15) is 0 Å². The van der Waals surface area contributed by atoms with Crippen molar-refractivity contribution in [2.24, 2.45) is 5.14 Å². The Labute approximate surface area is 167 Å². The Balaban J connectivity index is 2.08. The maximum atomic E-state index is 12.2. The molecule has 1 aromatic carbocycles. The molecule has 156 valence electrons. The van der Waals surface area contributed by atoms with Gasteiger partial charge in [-0.25, -0.2) is 18.5 Å². The number of aryl methyl sites for hydroxylation is 2. The van der Waals surface area contributed by atoms with Gasteiger partial charge in [0.1, 0.15) is 5.82 Å². The second kappa shape index (κ2) is 9.99. The van der Waals surface area contributed by atoms with Crippen LogP contribution in [0.2, 0.25) is 0 Å². The molecule has 9 heteroatoms. The van der Waals surface area contributed by atoms with Crippen molar-refractivity contribution in [1.29, 1.82) is 0 Å². The van der Waals surface area contributed by atoms with Crippen LogP contribution >= 0.6 is 0 Å². The van der Waals surface area contributed by atoms with Gasteiger partial charge in [-0.1, -0.05) is 20.8 Å². The van der Waals surface area contributed by atoms with E-state index in [-0.39, 0.29) is 10.8 Å². The van der Waals surface area contributed by atoms with Crippen LogP contribution in [0.4, 0.5) is 0 Å². The number of rotatable bonds is 11. The van der Waals surface area contributed by atoms with Gasteiger partial charge in [0.15, 0.2) is 0 Å². The molecule has 2 rings (SSSR count). The Hall–Kier alpha value is -1.97. The van der Waals surface area contributed by atoms with Gasteiger partial charge in [-0.15, -0.1) is 0 Å². The molecule has 0 aliphatic carbocycles. The maximum absolute atomic E-state index is 12.2. The molecule has 0 atom stereocenters. The van der Waals surface area contributed by atoms with E-state index in [1.807, 2.05) is 4.57 Å². The summed E-state index contributed by atoms with van der Waals surface area (Å²) in [6.07, 6.45) is 1.75. The number of aromatic nitrogens is 2. The molecule has 0 aliphatic rings. The average Bonchev–Trinajstić information content (AvgIpc) is 3.00. The van der Waals surface area contributed by atoms with Crippen molar-refractivity contribution in [2.45, 2.75) is 51.5 Å². The number of sulfonamides is 1. The highest BCUT2D eigenvalue weighted by molar-refractivity contribution is 7.89. The third-order valence-corrected chi connectivity index (χ3v) is 5.71. The lowest BCUT2D eigenvalue weighted by Crippen LogP contribution is -2.34. The standard InChI is InChI=1S/C19H31N5O3S/c1-4-12-24-17-8-7-15(28(20,26)27)14-16(17)22-18(24)9-10-19(25)21-11-13-23(5-2)6-3/h7-8,14H,4-6,9-13H2,1-3H3,(H,21,25)(H2,20,26,27). The molecule has 0 saturated heterocycles. The van der Waals surface area contributed by atoms with E-state index in [0.29, 0.717) is 24.9 Å². The van der Waals surface area contributed by atoms with E-state index in [2.05, 4.69) is 36.0 Å². The van der Waals surface area contributed by atoms with Crippen molar-refractivity contribution < 1.29 is 13.2 Å². The number of fused-ring (bicyclic) bond motifs is 1. The van der Waals surface area contributed by atoms with Crippen molar-refractivity contribution in [2.75, 3.05) is 26.2 Å². The zero-order valence-corrected chi connectivity index (χ0v) is 17.8. The van der Waals surface area contributed by atoms with Crippen LogP contribution < -0.4 is 10.5 Å². The third kappa shape index (κ3) is 5.76. The number of amides is 1. The fraction of sp³-hybridized carbons (Fsp3) is 0.579. The van der Waals surface area contributed by atoms with Crippen molar-refractivity contribution in [3.8, 4) is 0 Å². The number of carbonyl (C=O) groups is 1. The van der Waals surface area contributed by atoms with Crippen LogP contribution in [0.1, 0.15) is 39.4 Å². The van der Waals surface area contributed by atoms with Crippen molar-refractivity contribution in [1.82, 2.24) is 19.8 Å². The summed E-state index contributed by atoms with van der Waals surface area (Å²) in [5.74, 6) is 0.773. The fourth-order valence-electron chi connectivity index (χ4n) is 3.21. The smallest absolute Gasteiger partial charge is 0.238 e. The second-order valence-electron chi connectivity index (χ2n) is 6.75. The van der Waals surface area contributed by atoms with Gasteiger partial charge in [-0.3, -0.25) is 4.79 Å². The number of imidazole rings is 1. The molecule has 0 unspecified atom stereocenters. The molecule has 1 aromatic heterocycles. The number of hydrogen-bond acceptors (Lipinski definition) is 5. The summed E-state index contributed by atoms with van der Waals surface area (Å²) in [6, 6.07) is 4.71. The van der Waals surface area contributed by atoms with Crippen molar-refractivity contribution in [3.63, 3.8) is 0 Å². The van der Waals surface area contributed by atoms with Crippen LogP contribution in [0, 0.1) is 0 Å². The van der Waals surface area contributed by atoms with Gasteiger partial charge in [0.05, 0.1) is 15.9 Å². The van der Waals surface area contributed by atoms with Crippen LogP contribution in [0.5, 0.6) is 0 Å². The summed E-state index contributed by atoms with van der Waals surface area (Å²) in [7, 11) is -3.78. The first-order chi connectivity index (χ1) is 13.3. The van der Waals surface area contributed by atoms with E-state index in [1.165, 1.54) is 12.1 Å². The summed E-state index contributed by atoms with van der Waals surface area (Å²) < 4.78 is 25.2. The van der Waals surface area contributed by atoms with E-state index >= 15 is 0 Å². The van der Waals surface area contributed by atoms with Crippen LogP contribution in [-0.2, 0) is 27.8 Å². The van der Waals surface area contributed by atoms with Gasteiger partial charge in [0.25, 0.3) is 0 Å². The maximum Gasteiger partial charge on any atom is 0.238 e. The predicted octanol–water partition coefficient (Wildman–Crippen LogP) is 1.48. The highest BCUT2D eigenvalue weighted by atomic mass is 32.2. The molecule has 2 aromatic rings. The van der Waals surface area contributed by atoms with Crippen LogP contribution in [0.15, 0.2) is 23.1 Å². The first kappa shape index (κ1) is 22.3. The Morgan fingerprint density at radius 1 is 1.25 bits per heavy atom. The molecule has 0 aliphatic heterocycles. The van der Waals surface area contributed by atoms with Gasteiger partial charge in [0, 0.05) is 32.5 Å². The zero-order chi connectivity index (χ0) is 20.7. The lowest BCUT2D eigenvalue weighted by atomic mass is 10.2. The molecule has 0 spiro atoms. The van der Waals surface area contributed by atoms with Crippen LogP contribution in [0.3, 0.4) is 0 Å². The predicted molar refractivity (Wildman–Crippen MR) is 111 cm³/mol. The van der Waals surface area contributed by atoms with E-state index in [9.17, 15) is 13.2 Å². The molecule has 8 nitrogen and oxygen atoms in total. The Bertz CT molecular complexity index is 904. The summed E-state index contributed by atoms with van der Waals surface area (Å²) in [6.45, 7) is 10.4. The first-order valence-electron chi connectivity index (χ1n) is 9.81. The van der Waals surface area contributed by atoms with Crippen LogP contribution in [0.25, 0.3) is 11.0 Å². The highest BCUT2D eigenvalue weighted by Gasteiger charge is 2.15. The molecule has 0 bridgehead atoms. The molecule has 0 radical (unpaired) electrons. The molecular formula is C19H31N5O3S. The second-order valence-corrected chi connectivity index (χ2v) is 8.31. The number of nitrogens with one attached hydrogen (secondary N) is 1. The van der Waals surface area contributed by atoms with Crippen molar-refractivity contribution in [3.05, 3.63) is 24.0 Å². The summed E-state index contributed by atoms with van der Waals surface area (Å²) >= 11 is 0. The molecule has 1 heterocycles. The number of benzene rings is 1. The number of hydrogen-bond donors (Lipinski definition) is 2. The number of carbonyl (C=O) groups excluding carboxylic acids is 1. The quantitative estimate of drug-likeness (QED) is 0.584. The van der Waals surface area contributed by atoms with E-state index in [1.54, 1.807) is 6.07 Å². The summed E-state index contributed by atoms with van der Waals surface area (Å²) in [5, 5.41) is 8.17. The molecular weight excluding hydrogens is 378 g/mol. The van der Waals surface area contributed by atoms with E-state index < -0.39 is 10.0 Å². The minimum absolute atomic E-state index is 0.00696. The normalized spacial score (nSPS) is 12.0. The molecule has 1 amide bonds. The van der Waals surface area contributed by atoms with E-state index in [0.717, 1.165) is 43.9 Å².